The van der Waals surface area contributed by atoms with Crippen LogP contribution in [0.3, 0.4) is 0 Å². The molecule has 0 bridgehead atoms. The predicted molar refractivity (Wildman–Crippen MR) is 93.0 cm³/mol. The molecule has 0 aromatic rings. The molecule has 3 aliphatic rings. The third kappa shape index (κ3) is 3.31. The molecule has 2 aliphatic heterocycles. The van der Waals surface area contributed by atoms with Crippen molar-refractivity contribution in [3.8, 4) is 0 Å². The highest BCUT2D eigenvalue weighted by Crippen LogP contribution is 2.37. The number of hydrazine groups is 1. The number of nitrogens with zero attached hydrogens (tertiary/aromatic N) is 2. The zero-order valence-corrected chi connectivity index (χ0v) is 15.3. The Hall–Kier alpha value is -1.14. The summed E-state index contributed by atoms with van der Waals surface area (Å²) in [6.45, 7) is 8.78. The van der Waals surface area contributed by atoms with Gasteiger partial charge in [-0.1, -0.05) is 13.8 Å². The van der Waals surface area contributed by atoms with Gasteiger partial charge in [-0.25, -0.2) is 5.01 Å². The van der Waals surface area contributed by atoms with Gasteiger partial charge in [0, 0.05) is 37.6 Å². The molecule has 0 aromatic carbocycles. The van der Waals surface area contributed by atoms with Crippen molar-refractivity contribution in [3.63, 3.8) is 0 Å². The fourth-order valence-electron chi connectivity index (χ4n) is 4.57. The normalized spacial score (nSPS) is 33.5. The van der Waals surface area contributed by atoms with E-state index in [0.29, 0.717) is 12.0 Å². The lowest BCUT2D eigenvalue weighted by atomic mass is 9.78. The summed E-state index contributed by atoms with van der Waals surface area (Å²) in [4.78, 5) is 27.3. The third-order valence-electron chi connectivity index (χ3n) is 5.89. The Morgan fingerprint density at radius 3 is 2.79 bits per heavy atom. The summed E-state index contributed by atoms with van der Waals surface area (Å²) < 4.78 is 0. The van der Waals surface area contributed by atoms with E-state index >= 15 is 0 Å². The molecule has 2 saturated heterocycles. The Kier molecular flexibility index (Phi) is 5.45. The standard InChI is InChI=1S/C18H32N4O2/c1-4-21-16-11-13(17(23)19-9-7-12(2)3)5-6-14(16)22-15(18(21)24)8-10-20-22/h12-16,20H,4-11H2,1-3H3,(H,19,23). The molecule has 2 heterocycles. The fourth-order valence-corrected chi connectivity index (χ4v) is 4.57. The Morgan fingerprint density at radius 2 is 2.08 bits per heavy atom. The van der Waals surface area contributed by atoms with Crippen molar-refractivity contribution in [1.29, 1.82) is 0 Å². The van der Waals surface area contributed by atoms with E-state index in [-0.39, 0.29) is 29.8 Å². The van der Waals surface area contributed by atoms with Crippen molar-refractivity contribution in [2.75, 3.05) is 19.6 Å². The Morgan fingerprint density at radius 1 is 1.29 bits per heavy atom. The highest BCUT2D eigenvalue weighted by Gasteiger charge is 2.50. The molecule has 6 heteroatoms. The van der Waals surface area contributed by atoms with Crippen LogP contribution in [0.1, 0.15) is 52.9 Å². The molecule has 1 aliphatic carbocycles. The van der Waals surface area contributed by atoms with Crippen molar-refractivity contribution < 1.29 is 9.59 Å². The maximum atomic E-state index is 12.8. The molecule has 2 N–H and O–H groups in total. The van der Waals surface area contributed by atoms with Crippen molar-refractivity contribution in [2.45, 2.75) is 71.0 Å². The Balaban J connectivity index is 1.64. The molecule has 6 nitrogen and oxygen atoms in total. The second-order valence-electron chi connectivity index (χ2n) is 7.86. The number of carbonyl (C=O) groups excluding carboxylic acids is 2. The molecule has 4 atom stereocenters. The van der Waals surface area contributed by atoms with Gasteiger partial charge in [0.15, 0.2) is 0 Å². The van der Waals surface area contributed by atoms with E-state index in [0.717, 1.165) is 51.7 Å². The van der Waals surface area contributed by atoms with Gasteiger partial charge in [-0.3, -0.25) is 15.0 Å². The monoisotopic (exact) mass is 336 g/mol. The molecule has 3 rings (SSSR count). The first kappa shape index (κ1) is 17.7. The van der Waals surface area contributed by atoms with E-state index in [9.17, 15) is 9.59 Å². The van der Waals surface area contributed by atoms with Crippen LogP contribution in [-0.4, -0.2) is 59.5 Å². The largest absolute Gasteiger partial charge is 0.356 e. The van der Waals surface area contributed by atoms with Crippen molar-refractivity contribution in [1.82, 2.24) is 20.7 Å². The second kappa shape index (κ2) is 7.40. The van der Waals surface area contributed by atoms with Crippen LogP contribution in [0.25, 0.3) is 0 Å². The zero-order valence-electron chi connectivity index (χ0n) is 15.3. The summed E-state index contributed by atoms with van der Waals surface area (Å²) in [5.74, 6) is 1.06. The van der Waals surface area contributed by atoms with E-state index in [2.05, 4.69) is 36.5 Å². The molecule has 0 aromatic heterocycles. The van der Waals surface area contributed by atoms with E-state index in [1.807, 2.05) is 4.90 Å². The molecule has 1 saturated carbocycles. The lowest BCUT2D eigenvalue weighted by molar-refractivity contribution is -0.155. The van der Waals surface area contributed by atoms with Gasteiger partial charge in [0.05, 0.1) is 0 Å². The summed E-state index contributed by atoms with van der Waals surface area (Å²) in [7, 11) is 0. The first-order valence-corrected chi connectivity index (χ1v) is 9.63. The van der Waals surface area contributed by atoms with E-state index in [1.54, 1.807) is 0 Å². The minimum absolute atomic E-state index is 0.00242. The zero-order chi connectivity index (χ0) is 17.3. The molecule has 0 spiro atoms. The fraction of sp³-hybridized carbons (Fsp3) is 0.889. The van der Waals surface area contributed by atoms with Gasteiger partial charge >= 0.3 is 0 Å². The van der Waals surface area contributed by atoms with Crippen LogP contribution in [0.2, 0.25) is 0 Å². The minimum atomic E-state index is 0.00242. The van der Waals surface area contributed by atoms with Gasteiger partial charge in [0.25, 0.3) is 0 Å². The van der Waals surface area contributed by atoms with Gasteiger partial charge in [-0.15, -0.1) is 0 Å². The molecule has 0 radical (unpaired) electrons. The number of carbonyl (C=O) groups is 2. The van der Waals surface area contributed by atoms with Crippen molar-refractivity contribution in [3.05, 3.63) is 0 Å². The summed E-state index contributed by atoms with van der Waals surface area (Å²) in [6, 6.07) is 0.524. The van der Waals surface area contributed by atoms with Gasteiger partial charge in [-0.05, 0) is 44.9 Å². The third-order valence-corrected chi connectivity index (χ3v) is 5.89. The van der Waals surface area contributed by atoms with E-state index < -0.39 is 0 Å². The molecular formula is C18H32N4O2. The number of amides is 2. The van der Waals surface area contributed by atoms with E-state index in [4.69, 9.17) is 0 Å². The number of hydrogen-bond donors (Lipinski definition) is 2. The molecule has 4 unspecified atom stereocenters. The summed E-state index contributed by atoms with van der Waals surface area (Å²) in [5.41, 5.74) is 3.41. The number of nitrogens with one attached hydrogen (secondary N) is 2. The van der Waals surface area contributed by atoms with Crippen LogP contribution >= 0.6 is 0 Å². The average Bonchev–Trinajstić information content (AvgIpc) is 3.04. The van der Waals surface area contributed by atoms with Crippen LogP contribution in [0.5, 0.6) is 0 Å². The van der Waals surface area contributed by atoms with Crippen LogP contribution in [-0.2, 0) is 9.59 Å². The van der Waals surface area contributed by atoms with Gasteiger partial charge in [-0.2, -0.15) is 0 Å². The molecule has 3 fully saturated rings. The molecular weight excluding hydrogens is 304 g/mol. The number of rotatable bonds is 5. The second-order valence-corrected chi connectivity index (χ2v) is 7.86. The quantitative estimate of drug-likeness (QED) is 0.790. The van der Waals surface area contributed by atoms with Gasteiger partial charge < -0.3 is 10.2 Å². The summed E-state index contributed by atoms with van der Waals surface area (Å²) >= 11 is 0. The minimum Gasteiger partial charge on any atom is -0.356 e. The number of likely N-dealkylation sites (N-methyl/N-ethyl adjacent to an activating group) is 1. The Labute approximate surface area is 145 Å². The number of piperazine rings is 1. The number of fused-ring (bicyclic) bond motifs is 3. The molecule has 136 valence electrons. The lowest BCUT2D eigenvalue weighted by Crippen LogP contribution is -2.68. The van der Waals surface area contributed by atoms with Crippen LogP contribution in [0, 0.1) is 11.8 Å². The first-order valence-electron chi connectivity index (χ1n) is 9.63. The lowest BCUT2D eigenvalue weighted by Gasteiger charge is -2.51. The van der Waals surface area contributed by atoms with Gasteiger partial charge in [0.1, 0.15) is 6.04 Å². The highest BCUT2D eigenvalue weighted by atomic mass is 16.2. The maximum absolute atomic E-state index is 12.8. The summed E-state index contributed by atoms with van der Waals surface area (Å²) in [6.07, 6.45) is 4.62. The highest BCUT2D eigenvalue weighted by molar-refractivity contribution is 5.84. The maximum Gasteiger partial charge on any atom is 0.241 e. The van der Waals surface area contributed by atoms with Gasteiger partial charge in [0.2, 0.25) is 11.8 Å². The van der Waals surface area contributed by atoms with Crippen LogP contribution < -0.4 is 10.7 Å². The molecule has 24 heavy (non-hydrogen) atoms. The summed E-state index contributed by atoms with van der Waals surface area (Å²) in [5, 5.41) is 5.30. The average molecular weight is 336 g/mol. The topological polar surface area (TPSA) is 64.7 Å². The molecule has 2 amide bonds. The Bertz CT molecular complexity index is 482. The first-order chi connectivity index (χ1) is 11.5. The van der Waals surface area contributed by atoms with Crippen molar-refractivity contribution in [2.24, 2.45) is 11.8 Å². The number of hydrogen-bond acceptors (Lipinski definition) is 4. The SMILES string of the molecule is CCN1C(=O)C2CCNN2C2CCC(C(=O)NCCC(C)C)CC21. The van der Waals surface area contributed by atoms with Crippen molar-refractivity contribution >= 4 is 11.8 Å². The van der Waals surface area contributed by atoms with Crippen LogP contribution in [0.15, 0.2) is 0 Å². The predicted octanol–water partition coefficient (Wildman–Crippen LogP) is 1.13. The van der Waals surface area contributed by atoms with E-state index in [1.165, 1.54) is 0 Å². The van der Waals surface area contributed by atoms with Crippen LogP contribution in [0.4, 0.5) is 0 Å². The smallest absolute Gasteiger partial charge is 0.241 e.